The van der Waals surface area contributed by atoms with Crippen molar-refractivity contribution in [2.75, 3.05) is 0 Å². The molecule has 0 aliphatic rings. The lowest BCUT2D eigenvalue weighted by Crippen LogP contribution is -2.00. The predicted octanol–water partition coefficient (Wildman–Crippen LogP) is 3.16. The topological polar surface area (TPSA) is 56.0 Å². The molecule has 0 atom stereocenters. The van der Waals surface area contributed by atoms with Gasteiger partial charge in [0.1, 0.15) is 11.6 Å². The summed E-state index contributed by atoms with van der Waals surface area (Å²) in [4.78, 5) is 15.3. The minimum atomic E-state index is -0.393. The van der Waals surface area contributed by atoms with Crippen molar-refractivity contribution in [3.63, 3.8) is 0 Å². The van der Waals surface area contributed by atoms with Gasteiger partial charge in [-0.1, -0.05) is 28.0 Å². The second-order valence-corrected chi connectivity index (χ2v) is 4.65. The zero-order valence-electron chi connectivity index (χ0n) is 9.61. The van der Waals surface area contributed by atoms with E-state index in [-0.39, 0.29) is 23.9 Å². The number of hydrogen-bond donors (Lipinski definition) is 0. The summed E-state index contributed by atoms with van der Waals surface area (Å²) in [6.07, 6.45) is 0.531. The normalized spacial score (nSPS) is 10.6. The summed E-state index contributed by atoms with van der Waals surface area (Å²) >= 11 is 3.19. The molecule has 1 aromatic carbocycles. The van der Waals surface area contributed by atoms with Crippen LogP contribution < -0.4 is 0 Å². The van der Waals surface area contributed by atoms with Gasteiger partial charge in [-0.3, -0.25) is 4.79 Å². The van der Waals surface area contributed by atoms with Gasteiger partial charge in [0.15, 0.2) is 0 Å². The van der Waals surface area contributed by atoms with Gasteiger partial charge in [0.05, 0.1) is 6.42 Å². The van der Waals surface area contributed by atoms with Gasteiger partial charge in [-0.25, -0.2) is 4.39 Å². The van der Waals surface area contributed by atoms with E-state index >= 15 is 0 Å². The third kappa shape index (κ3) is 3.01. The lowest BCUT2D eigenvalue weighted by molar-refractivity contribution is -0.118. The summed E-state index contributed by atoms with van der Waals surface area (Å²) in [7, 11) is 0. The molecule has 4 nitrogen and oxygen atoms in total. The highest BCUT2D eigenvalue weighted by Crippen LogP contribution is 2.22. The van der Waals surface area contributed by atoms with Crippen LogP contribution in [0.5, 0.6) is 0 Å². The molecule has 1 heterocycles. The van der Waals surface area contributed by atoms with Crippen molar-refractivity contribution in [2.24, 2.45) is 0 Å². The van der Waals surface area contributed by atoms with E-state index in [9.17, 15) is 9.18 Å². The summed E-state index contributed by atoms with van der Waals surface area (Å²) in [5, 5.41) is 3.73. The first kappa shape index (κ1) is 12.9. The average Bonchev–Trinajstić information content (AvgIpc) is 2.76. The Balaban J connectivity index is 2.26. The summed E-state index contributed by atoms with van der Waals surface area (Å²) in [5.74, 6) is 0.146. The molecule has 18 heavy (non-hydrogen) atoms. The van der Waals surface area contributed by atoms with Crippen LogP contribution >= 0.6 is 15.9 Å². The molecule has 2 rings (SSSR count). The Morgan fingerprint density at radius 2 is 2.22 bits per heavy atom. The maximum Gasteiger partial charge on any atom is 0.234 e. The number of halogens is 2. The molecule has 0 radical (unpaired) electrons. The molecule has 0 fully saturated rings. The molecule has 94 valence electrons. The number of Topliss-reactive ketones (excluding diaryl/α,β-unsaturated/α-hetero) is 1. The number of aromatic nitrogens is 2. The molecule has 0 N–H and O–H groups in total. The van der Waals surface area contributed by atoms with Crippen LogP contribution in [0, 0.1) is 5.82 Å². The predicted molar refractivity (Wildman–Crippen MR) is 66.4 cm³/mol. The molecule has 0 amide bonds. The molecule has 2 aromatic rings. The van der Waals surface area contributed by atoms with Crippen LogP contribution in [0.3, 0.4) is 0 Å². The van der Waals surface area contributed by atoms with Crippen molar-refractivity contribution in [3.8, 4) is 11.4 Å². The van der Waals surface area contributed by atoms with Crippen LogP contribution in [-0.2, 0) is 11.2 Å². The standard InChI is InChI=1S/C12H10BrFN2O2/c1-2-10(17)6-11-15-12(16-18-11)7-3-8(13)5-9(14)4-7/h3-5H,2,6H2,1H3. The Hall–Kier alpha value is -1.56. The van der Waals surface area contributed by atoms with Gasteiger partial charge >= 0.3 is 0 Å². The molecule has 6 heteroatoms. The molecule has 0 aliphatic carbocycles. The van der Waals surface area contributed by atoms with E-state index in [0.29, 0.717) is 16.5 Å². The van der Waals surface area contributed by atoms with Crippen molar-refractivity contribution in [1.82, 2.24) is 10.1 Å². The first-order chi connectivity index (χ1) is 8.58. The van der Waals surface area contributed by atoms with Gasteiger partial charge in [-0.2, -0.15) is 4.98 Å². The zero-order chi connectivity index (χ0) is 13.1. The number of benzene rings is 1. The molecular formula is C12H10BrFN2O2. The number of rotatable bonds is 4. The molecule has 0 aliphatic heterocycles. The Labute approximate surface area is 111 Å². The van der Waals surface area contributed by atoms with E-state index in [1.807, 2.05) is 0 Å². The number of ketones is 1. The second kappa shape index (κ2) is 5.39. The monoisotopic (exact) mass is 312 g/mol. The van der Waals surface area contributed by atoms with Crippen LogP contribution in [0.15, 0.2) is 27.2 Å². The maximum atomic E-state index is 13.2. The second-order valence-electron chi connectivity index (χ2n) is 3.74. The van der Waals surface area contributed by atoms with Crippen LogP contribution in [0.2, 0.25) is 0 Å². The largest absolute Gasteiger partial charge is 0.339 e. The molecule has 0 bridgehead atoms. The lowest BCUT2D eigenvalue weighted by Gasteiger charge is -1.96. The Bertz CT molecular complexity index is 563. The number of carbonyl (C=O) groups is 1. The summed E-state index contributed by atoms with van der Waals surface area (Å²) in [6.45, 7) is 1.77. The smallest absolute Gasteiger partial charge is 0.234 e. The fourth-order valence-electron chi connectivity index (χ4n) is 1.42. The van der Waals surface area contributed by atoms with E-state index in [0.717, 1.165) is 0 Å². The van der Waals surface area contributed by atoms with Crippen LogP contribution in [0.1, 0.15) is 19.2 Å². The number of carbonyl (C=O) groups excluding carboxylic acids is 1. The van der Waals surface area contributed by atoms with Gasteiger partial charge in [-0.05, 0) is 18.2 Å². The molecule has 0 saturated heterocycles. The van der Waals surface area contributed by atoms with E-state index in [2.05, 4.69) is 26.1 Å². The van der Waals surface area contributed by atoms with Gasteiger partial charge in [0.25, 0.3) is 0 Å². The van der Waals surface area contributed by atoms with E-state index in [4.69, 9.17) is 4.52 Å². The summed E-state index contributed by atoms with van der Waals surface area (Å²) < 4.78 is 18.8. The molecular weight excluding hydrogens is 303 g/mol. The van der Waals surface area contributed by atoms with Crippen molar-refractivity contribution >= 4 is 21.7 Å². The fraction of sp³-hybridized carbons (Fsp3) is 0.250. The highest BCUT2D eigenvalue weighted by molar-refractivity contribution is 9.10. The number of nitrogens with zero attached hydrogens (tertiary/aromatic N) is 2. The van der Waals surface area contributed by atoms with E-state index in [1.54, 1.807) is 13.0 Å². The third-order valence-corrected chi connectivity index (χ3v) is 2.79. The highest BCUT2D eigenvalue weighted by atomic mass is 79.9. The lowest BCUT2D eigenvalue weighted by atomic mass is 10.2. The number of hydrogen-bond acceptors (Lipinski definition) is 4. The maximum absolute atomic E-state index is 13.2. The average molecular weight is 313 g/mol. The van der Waals surface area contributed by atoms with Gasteiger partial charge < -0.3 is 4.52 Å². The molecule has 0 unspecified atom stereocenters. The Morgan fingerprint density at radius 3 is 2.89 bits per heavy atom. The van der Waals surface area contributed by atoms with Gasteiger partial charge in [-0.15, -0.1) is 0 Å². The summed E-state index contributed by atoms with van der Waals surface area (Å²) in [5.41, 5.74) is 0.501. The van der Waals surface area contributed by atoms with Gasteiger partial charge in [0, 0.05) is 16.5 Å². The molecule has 0 saturated carbocycles. The van der Waals surface area contributed by atoms with Gasteiger partial charge in [0.2, 0.25) is 11.7 Å². The van der Waals surface area contributed by atoms with Crippen molar-refractivity contribution in [1.29, 1.82) is 0 Å². The van der Waals surface area contributed by atoms with Crippen molar-refractivity contribution in [2.45, 2.75) is 19.8 Å². The van der Waals surface area contributed by atoms with Crippen LogP contribution in [-0.4, -0.2) is 15.9 Å². The van der Waals surface area contributed by atoms with Crippen LogP contribution in [0.25, 0.3) is 11.4 Å². The SMILES string of the molecule is CCC(=O)Cc1nc(-c2cc(F)cc(Br)c2)no1. The Morgan fingerprint density at radius 1 is 1.44 bits per heavy atom. The van der Waals surface area contributed by atoms with Crippen molar-refractivity contribution in [3.05, 3.63) is 34.4 Å². The third-order valence-electron chi connectivity index (χ3n) is 2.33. The minimum absolute atomic E-state index is 0.0191. The first-order valence-corrected chi connectivity index (χ1v) is 6.18. The van der Waals surface area contributed by atoms with E-state index < -0.39 is 5.82 Å². The summed E-state index contributed by atoms with van der Waals surface area (Å²) in [6, 6.07) is 4.32. The van der Waals surface area contributed by atoms with Crippen LogP contribution in [0.4, 0.5) is 4.39 Å². The van der Waals surface area contributed by atoms with Crippen molar-refractivity contribution < 1.29 is 13.7 Å². The Kier molecular flexibility index (Phi) is 3.86. The molecule has 1 aromatic heterocycles. The van der Waals surface area contributed by atoms with E-state index in [1.165, 1.54) is 12.1 Å². The first-order valence-electron chi connectivity index (χ1n) is 5.39. The molecule has 0 spiro atoms. The highest BCUT2D eigenvalue weighted by Gasteiger charge is 2.12. The fourth-order valence-corrected chi connectivity index (χ4v) is 1.89. The zero-order valence-corrected chi connectivity index (χ0v) is 11.2. The minimum Gasteiger partial charge on any atom is -0.339 e. The quantitative estimate of drug-likeness (QED) is 0.870.